The molecule has 1 aromatic carbocycles. The first-order valence-corrected chi connectivity index (χ1v) is 6.80. The number of hydrogen-bond donors (Lipinski definition) is 1. The van der Waals surface area contributed by atoms with Crippen LogP contribution in [0.3, 0.4) is 0 Å². The van der Waals surface area contributed by atoms with Crippen molar-refractivity contribution in [1.29, 1.82) is 0 Å². The maximum atomic E-state index is 9.28. The largest absolute Gasteiger partial charge is 0.490 e. The van der Waals surface area contributed by atoms with Crippen molar-refractivity contribution in [3.05, 3.63) is 28.2 Å². The van der Waals surface area contributed by atoms with Crippen LogP contribution in [0.5, 0.6) is 5.75 Å². The van der Waals surface area contributed by atoms with Crippen molar-refractivity contribution in [2.24, 2.45) is 0 Å². The molecule has 5 heteroatoms. The topological polar surface area (TPSA) is 41.9 Å². The first-order valence-electron chi connectivity index (χ1n) is 6.01. The van der Waals surface area contributed by atoms with Gasteiger partial charge in [0.05, 0.1) is 13.2 Å². The van der Waals surface area contributed by atoms with Gasteiger partial charge in [0, 0.05) is 23.1 Å². The van der Waals surface area contributed by atoms with Crippen molar-refractivity contribution < 1.29 is 14.6 Å². The standard InChI is InChI=1S/C13H18BrNO3/c1-15-4-5-17-12(7-15)9-18-13-3-2-11(14)6-10(13)8-16/h2-3,6,12,16H,4-5,7-9H2,1H3. The summed E-state index contributed by atoms with van der Waals surface area (Å²) in [6.45, 7) is 3.08. The molecule has 0 spiro atoms. The molecule has 4 nitrogen and oxygen atoms in total. The quantitative estimate of drug-likeness (QED) is 0.917. The number of ether oxygens (including phenoxy) is 2. The minimum atomic E-state index is -0.0276. The molecular formula is C13H18BrNO3. The number of halogens is 1. The van der Waals surface area contributed by atoms with Gasteiger partial charge in [-0.15, -0.1) is 0 Å². The van der Waals surface area contributed by atoms with Crippen LogP contribution in [0.2, 0.25) is 0 Å². The van der Waals surface area contributed by atoms with Crippen LogP contribution in [-0.2, 0) is 11.3 Å². The van der Waals surface area contributed by atoms with Gasteiger partial charge >= 0.3 is 0 Å². The van der Waals surface area contributed by atoms with E-state index in [1.54, 1.807) is 0 Å². The molecule has 2 rings (SSSR count). The Morgan fingerprint density at radius 3 is 3.11 bits per heavy atom. The van der Waals surface area contributed by atoms with Gasteiger partial charge in [0.2, 0.25) is 0 Å². The van der Waals surface area contributed by atoms with Crippen LogP contribution in [0.4, 0.5) is 0 Å². The second-order valence-electron chi connectivity index (χ2n) is 4.48. The highest BCUT2D eigenvalue weighted by atomic mass is 79.9. The van der Waals surface area contributed by atoms with E-state index in [0.717, 1.165) is 35.5 Å². The van der Waals surface area contributed by atoms with E-state index in [1.165, 1.54) is 0 Å². The minimum absolute atomic E-state index is 0.0276. The van der Waals surface area contributed by atoms with Crippen LogP contribution in [-0.4, -0.2) is 49.5 Å². The van der Waals surface area contributed by atoms with Gasteiger partial charge in [-0.05, 0) is 25.2 Å². The Bertz CT molecular complexity index is 400. The zero-order valence-electron chi connectivity index (χ0n) is 10.4. The molecule has 0 aromatic heterocycles. The van der Waals surface area contributed by atoms with Crippen LogP contribution in [0.1, 0.15) is 5.56 Å². The number of benzene rings is 1. The molecule has 0 amide bonds. The van der Waals surface area contributed by atoms with Gasteiger partial charge in [0.25, 0.3) is 0 Å². The number of nitrogens with zero attached hydrogens (tertiary/aromatic N) is 1. The summed E-state index contributed by atoms with van der Waals surface area (Å²) in [6.07, 6.45) is 0.0962. The molecule has 1 N–H and O–H groups in total. The molecule has 0 aliphatic carbocycles. The Morgan fingerprint density at radius 1 is 1.56 bits per heavy atom. The second-order valence-corrected chi connectivity index (χ2v) is 5.39. The molecule has 1 unspecified atom stereocenters. The summed E-state index contributed by atoms with van der Waals surface area (Å²) in [7, 11) is 2.08. The third-order valence-electron chi connectivity index (χ3n) is 2.96. The molecule has 1 aliphatic heterocycles. The van der Waals surface area contributed by atoms with E-state index >= 15 is 0 Å². The fourth-order valence-electron chi connectivity index (χ4n) is 1.96. The second kappa shape index (κ2) is 6.52. The van der Waals surface area contributed by atoms with Crippen LogP contribution < -0.4 is 4.74 Å². The molecular weight excluding hydrogens is 298 g/mol. The van der Waals surface area contributed by atoms with Gasteiger partial charge in [-0.25, -0.2) is 0 Å². The van der Waals surface area contributed by atoms with Crippen molar-refractivity contribution in [3.63, 3.8) is 0 Å². The first kappa shape index (κ1) is 13.8. The van der Waals surface area contributed by atoms with E-state index < -0.39 is 0 Å². The molecule has 0 saturated carbocycles. The summed E-state index contributed by atoms with van der Waals surface area (Å²) in [6, 6.07) is 5.63. The van der Waals surface area contributed by atoms with Gasteiger partial charge in [-0.2, -0.15) is 0 Å². The third-order valence-corrected chi connectivity index (χ3v) is 3.45. The summed E-state index contributed by atoms with van der Waals surface area (Å²) >= 11 is 3.37. The Kier molecular flexibility index (Phi) is 5.00. The number of morpholine rings is 1. The first-order chi connectivity index (χ1) is 8.69. The van der Waals surface area contributed by atoms with E-state index in [0.29, 0.717) is 6.61 Å². The van der Waals surface area contributed by atoms with E-state index in [9.17, 15) is 5.11 Å². The minimum Gasteiger partial charge on any atom is -0.490 e. The molecule has 18 heavy (non-hydrogen) atoms. The average Bonchev–Trinajstić information content (AvgIpc) is 2.37. The molecule has 0 bridgehead atoms. The van der Waals surface area contributed by atoms with E-state index in [1.807, 2.05) is 18.2 Å². The fraction of sp³-hybridized carbons (Fsp3) is 0.538. The summed E-state index contributed by atoms with van der Waals surface area (Å²) in [5.74, 6) is 0.720. The zero-order valence-corrected chi connectivity index (χ0v) is 12.0. The Labute approximate surface area is 116 Å². The van der Waals surface area contributed by atoms with Crippen molar-refractivity contribution >= 4 is 15.9 Å². The van der Waals surface area contributed by atoms with Crippen molar-refractivity contribution in [2.75, 3.05) is 33.4 Å². The number of rotatable bonds is 4. The molecule has 0 radical (unpaired) electrons. The number of likely N-dealkylation sites (N-methyl/N-ethyl adjacent to an activating group) is 1. The van der Waals surface area contributed by atoms with Gasteiger partial charge < -0.3 is 19.5 Å². The summed E-state index contributed by atoms with van der Waals surface area (Å²) in [5.41, 5.74) is 0.786. The molecule has 1 heterocycles. The van der Waals surface area contributed by atoms with Crippen LogP contribution in [0, 0.1) is 0 Å². The lowest BCUT2D eigenvalue weighted by Crippen LogP contribution is -2.42. The van der Waals surface area contributed by atoms with Crippen LogP contribution in [0.15, 0.2) is 22.7 Å². The van der Waals surface area contributed by atoms with Gasteiger partial charge in [-0.1, -0.05) is 15.9 Å². The van der Waals surface area contributed by atoms with Gasteiger partial charge in [-0.3, -0.25) is 0 Å². The smallest absolute Gasteiger partial charge is 0.125 e. The highest BCUT2D eigenvalue weighted by Crippen LogP contribution is 2.23. The predicted molar refractivity (Wildman–Crippen MR) is 72.8 cm³/mol. The number of hydrogen-bond acceptors (Lipinski definition) is 4. The third kappa shape index (κ3) is 3.68. The lowest BCUT2D eigenvalue weighted by atomic mass is 10.2. The lowest BCUT2D eigenvalue weighted by Gasteiger charge is -2.30. The fourth-order valence-corrected chi connectivity index (χ4v) is 2.37. The maximum absolute atomic E-state index is 9.28. The molecule has 1 aromatic rings. The number of aliphatic hydroxyl groups excluding tert-OH is 1. The van der Waals surface area contributed by atoms with Crippen LogP contribution in [0.25, 0.3) is 0 Å². The molecule has 1 fully saturated rings. The molecule has 1 atom stereocenters. The molecule has 1 aliphatic rings. The summed E-state index contributed by atoms with van der Waals surface area (Å²) < 4.78 is 12.3. The SMILES string of the molecule is CN1CCOC(COc2ccc(Br)cc2CO)C1. The van der Waals surface area contributed by atoms with Crippen molar-refractivity contribution in [2.45, 2.75) is 12.7 Å². The van der Waals surface area contributed by atoms with E-state index in [2.05, 4.69) is 27.9 Å². The average molecular weight is 316 g/mol. The normalized spacial score (nSPS) is 20.9. The lowest BCUT2D eigenvalue weighted by molar-refractivity contribution is -0.0405. The zero-order chi connectivity index (χ0) is 13.0. The van der Waals surface area contributed by atoms with Crippen molar-refractivity contribution in [3.8, 4) is 5.75 Å². The Morgan fingerprint density at radius 2 is 2.39 bits per heavy atom. The predicted octanol–water partition coefficient (Wildman–Crippen LogP) is 1.65. The van der Waals surface area contributed by atoms with E-state index in [4.69, 9.17) is 9.47 Å². The van der Waals surface area contributed by atoms with E-state index in [-0.39, 0.29) is 12.7 Å². The Balaban J connectivity index is 1.93. The van der Waals surface area contributed by atoms with Gasteiger partial charge in [0.1, 0.15) is 18.5 Å². The summed E-state index contributed by atoms with van der Waals surface area (Å²) in [5, 5.41) is 9.28. The summed E-state index contributed by atoms with van der Waals surface area (Å²) in [4.78, 5) is 2.23. The molecule has 1 saturated heterocycles. The number of aliphatic hydroxyl groups is 1. The highest BCUT2D eigenvalue weighted by molar-refractivity contribution is 9.10. The highest BCUT2D eigenvalue weighted by Gasteiger charge is 2.18. The molecule has 100 valence electrons. The monoisotopic (exact) mass is 315 g/mol. The van der Waals surface area contributed by atoms with Crippen LogP contribution >= 0.6 is 15.9 Å². The van der Waals surface area contributed by atoms with Crippen molar-refractivity contribution in [1.82, 2.24) is 4.90 Å². The van der Waals surface area contributed by atoms with Gasteiger partial charge in [0.15, 0.2) is 0 Å². The maximum Gasteiger partial charge on any atom is 0.125 e. The Hall–Kier alpha value is -0.620.